The predicted molar refractivity (Wildman–Crippen MR) is 106 cm³/mol. The van der Waals surface area contributed by atoms with Crippen molar-refractivity contribution in [2.24, 2.45) is 5.92 Å². The molecular formula is C21H21N5O2. The molecule has 7 nitrogen and oxygen atoms in total. The molecule has 0 spiro atoms. The van der Waals surface area contributed by atoms with Crippen molar-refractivity contribution < 1.29 is 9.59 Å². The summed E-state index contributed by atoms with van der Waals surface area (Å²) in [6, 6.07) is 14.5. The Bertz CT molecular complexity index is 1010. The summed E-state index contributed by atoms with van der Waals surface area (Å²) in [5.74, 6) is 0.0839. The van der Waals surface area contributed by atoms with E-state index in [-0.39, 0.29) is 17.5 Å². The Labute approximate surface area is 162 Å². The van der Waals surface area contributed by atoms with E-state index in [1.807, 2.05) is 30.3 Å². The van der Waals surface area contributed by atoms with E-state index in [0.717, 1.165) is 6.54 Å². The molecule has 0 aliphatic heterocycles. The van der Waals surface area contributed by atoms with Crippen molar-refractivity contribution in [3.8, 4) is 0 Å². The van der Waals surface area contributed by atoms with E-state index in [4.69, 9.17) is 0 Å². The van der Waals surface area contributed by atoms with Gasteiger partial charge in [-0.2, -0.15) is 0 Å². The summed E-state index contributed by atoms with van der Waals surface area (Å²) in [7, 11) is 0. The molecule has 28 heavy (non-hydrogen) atoms. The number of amides is 2. The van der Waals surface area contributed by atoms with Gasteiger partial charge in [0.2, 0.25) is 0 Å². The Balaban J connectivity index is 1.47. The van der Waals surface area contributed by atoms with Crippen molar-refractivity contribution in [2.75, 3.05) is 10.6 Å². The number of benzene rings is 2. The second-order valence-corrected chi connectivity index (χ2v) is 7.02. The Morgan fingerprint density at radius 2 is 1.82 bits per heavy atom. The van der Waals surface area contributed by atoms with Gasteiger partial charge in [0.15, 0.2) is 5.69 Å². The van der Waals surface area contributed by atoms with Gasteiger partial charge in [-0.05, 0) is 55.5 Å². The number of carbonyl (C=O) groups is 2. The molecule has 0 unspecified atom stereocenters. The summed E-state index contributed by atoms with van der Waals surface area (Å²) in [5, 5.41) is 13.7. The molecule has 1 fully saturated rings. The molecule has 3 aromatic rings. The zero-order chi connectivity index (χ0) is 19.5. The van der Waals surface area contributed by atoms with Crippen LogP contribution in [0.4, 0.5) is 11.4 Å². The molecule has 7 heteroatoms. The Morgan fingerprint density at radius 3 is 2.57 bits per heavy atom. The van der Waals surface area contributed by atoms with Crippen molar-refractivity contribution in [3.63, 3.8) is 0 Å². The van der Waals surface area contributed by atoms with E-state index in [9.17, 15) is 9.59 Å². The molecule has 0 saturated heterocycles. The van der Waals surface area contributed by atoms with Gasteiger partial charge in [0, 0.05) is 23.5 Å². The minimum atomic E-state index is -0.342. The molecule has 0 atom stereocenters. The van der Waals surface area contributed by atoms with E-state index in [2.05, 4.69) is 20.9 Å². The molecule has 0 bridgehead atoms. The number of nitrogens with one attached hydrogen (secondary N) is 2. The summed E-state index contributed by atoms with van der Waals surface area (Å²) in [6.45, 7) is 2.61. The quantitative estimate of drug-likeness (QED) is 0.690. The molecule has 2 aromatic carbocycles. The van der Waals surface area contributed by atoms with Crippen molar-refractivity contribution >= 4 is 23.2 Å². The van der Waals surface area contributed by atoms with Crippen LogP contribution in [0.1, 0.15) is 39.3 Å². The van der Waals surface area contributed by atoms with Crippen LogP contribution in [-0.2, 0) is 6.54 Å². The highest BCUT2D eigenvalue weighted by Crippen LogP contribution is 2.30. The highest BCUT2D eigenvalue weighted by molar-refractivity contribution is 6.08. The van der Waals surface area contributed by atoms with E-state index in [0.29, 0.717) is 28.4 Å². The van der Waals surface area contributed by atoms with Gasteiger partial charge in [-0.3, -0.25) is 14.3 Å². The fourth-order valence-electron chi connectivity index (χ4n) is 2.98. The van der Waals surface area contributed by atoms with Crippen LogP contribution in [-0.4, -0.2) is 26.8 Å². The maximum atomic E-state index is 12.6. The summed E-state index contributed by atoms with van der Waals surface area (Å²) in [6.07, 6.45) is 4.08. The lowest BCUT2D eigenvalue weighted by Gasteiger charge is -2.12. The molecule has 1 aliphatic rings. The number of aromatic nitrogens is 3. The highest BCUT2D eigenvalue weighted by Gasteiger charge is 2.23. The highest BCUT2D eigenvalue weighted by atomic mass is 16.2. The number of anilines is 2. The monoisotopic (exact) mass is 375 g/mol. The number of hydrogen-bond acceptors (Lipinski definition) is 4. The lowest BCUT2D eigenvalue weighted by Crippen LogP contribution is -2.17. The molecule has 4 rings (SSSR count). The number of rotatable bonds is 6. The van der Waals surface area contributed by atoms with Gasteiger partial charge >= 0.3 is 0 Å². The Hall–Kier alpha value is -3.48. The molecule has 2 N–H and O–H groups in total. The third-order valence-corrected chi connectivity index (χ3v) is 4.77. The second-order valence-electron chi connectivity index (χ2n) is 7.02. The van der Waals surface area contributed by atoms with E-state index in [1.54, 1.807) is 36.0 Å². The maximum absolute atomic E-state index is 12.6. The first kappa shape index (κ1) is 17.9. The van der Waals surface area contributed by atoms with Crippen LogP contribution < -0.4 is 10.6 Å². The van der Waals surface area contributed by atoms with E-state index in [1.165, 1.54) is 12.8 Å². The minimum Gasteiger partial charge on any atom is -0.322 e. The topological polar surface area (TPSA) is 88.9 Å². The second kappa shape index (κ2) is 7.64. The van der Waals surface area contributed by atoms with Crippen LogP contribution in [0.2, 0.25) is 0 Å². The Kier molecular flexibility index (Phi) is 4.89. The summed E-state index contributed by atoms with van der Waals surface area (Å²) >= 11 is 0. The molecule has 1 aromatic heterocycles. The zero-order valence-corrected chi connectivity index (χ0v) is 15.6. The van der Waals surface area contributed by atoms with Crippen LogP contribution in [0, 0.1) is 12.8 Å². The summed E-state index contributed by atoms with van der Waals surface area (Å²) in [5.41, 5.74) is 2.74. The largest absolute Gasteiger partial charge is 0.322 e. The average molecular weight is 375 g/mol. The number of nitrogens with zero attached hydrogens (tertiary/aromatic N) is 3. The normalized spacial score (nSPS) is 13.2. The maximum Gasteiger partial charge on any atom is 0.277 e. The number of hydrogen-bond donors (Lipinski definition) is 2. The van der Waals surface area contributed by atoms with Crippen molar-refractivity contribution in [1.29, 1.82) is 0 Å². The third-order valence-electron chi connectivity index (χ3n) is 4.77. The van der Waals surface area contributed by atoms with Gasteiger partial charge in [0.1, 0.15) is 0 Å². The van der Waals surface area contributed by atoms with Gasteiger partial charge in [-0.25, -0.2) is 0 Å². The lowest BCUT2D eigenvalue weighted by molar-refractivity contribution is 0.101. The van der Waals surface area contributed by atoms with Gasteiger partial charge < -0.3 is 10.6 Å². The van der Waals surface area contributed by atoms with Gasteiger partial charge in [0.25, 0.3) is 11.8 Å². The molecule has 142 valence electrons. The summed E-state index contributed by atoms with van der Waals surface area (Å²) < 4.78 is 1.71. The fourth-order valence-corrected chi connectivity index (χ4v) is 2.98. The van der Waals surface area contributed by atoms with Crippen LogP contribution in [0.25, 0.3) is 0 Å². The Morgan fingerprint density at radius 1 is 1.04 bits per heavy atom. The molecule has 0 radical (unpaired) electrons. The van der Waals surface area contributed by atoms with Crippen molar-refractivity contribution in [2.45, 2.75) is 26.3 Å². The first-order valence-electron chi connectivity index (χ1n) is 9.27. The molecule has 2 amide bonds. The fraction of sp³-hybridized carbons (Fsp3) is 0.238. The standard InChI is InChI=1S/C21H21N5O2/c1-14-17(20(27)22-16-6-3-2-4-7-16)8-5-9-18(14)23-21(28)19-13-26(25-24-19)12-15-10-11-15/h2-9,13,15H,10-12H2,1H3,(H,22,27)(H,23,28). The van der Waals surface area contributed by atoms with Gasteiger partial charge in [0.05, 0.1) is 6.20 Å². The third kappa shape index (κ3) is 4.09. The van der Waals surface area contributed by atoms with Crippen LogP contribution in [0.3, 0.4) is 0 Å². The average Bonchev–Trinajstić information content (AvgIpc) is 3.38. The van der Waals surface area contributed by atoms with E-state index >= 15 is 0 Å². The van der Waals surface area contributed by atoms with Crippen LogP contribution in [0.5, 0.6) is 0 Å². The first-order valence-corrected chi connectivity index (χ1v) is 9.27. The smallest absolute Gasteiger partial charge is 0.277 e. The van der Waals surface area contributed by atoms with Crippen LogP contribution >= 0.6 is 0 Å². The number of carbonyl (C=O) groups excluding carboxylic acids is 2. The summed E-state index contributed by atoms with van der Waals surface area (Å²) in [4.78, 5) is 25.1. The molecular weight excluding hydrogens is 354 g/mol. The van der Waals surface area contributed by atoms with E-state index < -0.39 is 0 Å². The van der Waals surface area contributed by atoms with Gasteiger partial charge in [-0.1, -0.05) is 29.5 Å². The minimum absolute atomic E-state index is 0.227. The lowest BCUT2D eigenvalue weighted by atomic mass is 10.1. The molecule has 1 aliphatic carbocycles. The van der Waals surface area contributed by atoms with Crippen molar-refractivity contribution in [1.82, 2.24) is 15.0 Å². The SMILES string of the molecule is Cc1c(NC(=O)c2cn(CC3CC3)nn2)cccc1C(=O)Nc1ccccc1. The number of para-hydroxylation sites is 1. The first-order chi connectivity index (χ1) is 13.6. The molecule has 1 saturated carbocycles. The van der Waals surface area contributed by atoms with Crippen molar-refractivity contribution in [3.05, 3.63) is 71.5 Å². The van der Waals surface area contributed by atoms with Gasteiger partial charge in [-0.15, -0.1) is 5.10 Å². The predicted octanol–water partition coefficient (Wildman–Crippen LogP) is 3.50. The zero-order valence-electron chi connectivity index (χ0n) is 15.6. The molecule has 1 heterocycles. The van der Waals surface area contributed by atoms with Crippen LogP contribution in [0.15, 0.2) is 54.7 Å².